The van der Waals surface area contributed by atoms with Gasteiger partial charge < -0.3 is 5.32 Å². The molecule has 0 saturated heterocycles. The van der Waals surface area contributed by atoms with Crippen molar-refractivity contribution in [3.63, 3.8) is 0 Å². The molecule has 0 saturated carbocycles. The minimum atomic E-state index is 0.563. The summed E-state index contributed by atoms with van der Waals surface area (Å²) in [5.74, 6) is 0.894. The van der Waals surface area contributed by atoms with Crippen molar-refractivity contribution in [1.29, 1.82) is 0 Å². The van der Waals surface area contributed by atoms with Crippen LogP contribution in [0.15, 0.2) is 21.2 Å². The number of nitrogens with zero attached hydrogens (tertiary/aromatic N) is 2. The fourth-order valence-electron chi connectivity index (χ4n) is 1.96. The molecule has 0 aliphatic rings. The van der Waals surface area contributed by atoms with E-state index in [-0.39, 0.29) is 0 Å². The molecule has 0 spiro atoms. The maximum atomic E-state index is 4.34. The molecule has 0 radical (unpaired) electrons. The lowest BCUT2D eigenvalue weighted by molar-refractivity contribution is 0.182. The molecule has 0 aliphatic heterocycles. The number of nitrogens with one attached hydrogen (secondary N) is 1. The first-order chi connectivity index (χ1) is 8.41. The summed E-state index contributed by atoms with van der Waals surface area (Å²) in [5, 5.41) is 3.36. The zero-order chi connectivity index (χ0) is 13.7. The molecule has 5 heteroatoms. The zero-order valence-corrected chi connectivity index (χ0v) is 14.5. The van der Waals surface area contributed by atoms with E-state index in [0.29, 0.717) is 12.1 Å². The molecule has 0 unspecified atom stereocenters. The number of aromatic nitrogens is 1. The number of pyridine rings is 1. The van der Waals surface area contributed by atoms with E-state index in [1.54, 1.807) is 6.20 Å². The molecule has 0 aromatic carbocycles. The van der Waals surface area contributed by atoms with Gasteiger partial charge in [0.25, 0.3) is 0 Å². The Morgan fingerprint density at radius 3 is 2.33 bits per heavy atom. The lowest BCUT2D eigenvalue weighted by Gasteiger charge is -2.30. The third-order valence-electron chi connectivity index (χ3n) is 2.80. The largest absolute Gasteiger partial charge is 0.368 e. The monoisotopic (exact) mass is 377 g/mol. The van der Waals surface area contributed by atoms with Crippen molar-refractivity contribution in [2.45, 2.75) is 39.8 Å². The second-order valence-corrected chi connectivity index (χ2v) is 6.61. The Kier molecular flexibility index (Phi) is 6.60. The summed E-state index contributed by atoms with van der Waals surface area (Å²) in [6, 6.07) is 3.12. The normalized spacial score (nSPS) is 11.6. The van der Waals surface area contributed by atoms with Gasteiger partial charge in [-0.2, -0.15) is 0 Å². The summed E-state index contributed by atoms with van der Waals surface area (Å²) in [6.07, 6.45) is 1.80. The van der Waals surface area contributed by atoms with E-state index in [0.717, 1.165) is 27.9 Å². The van der Waals surface area contributed by atoms with Gasteiger partial charge in [0.2, 0.25) is 0 Å². The molecule has 0 bridgehead atoms. The first-order valence-electron chi connectivity index (χ1n) is 6.22. The molecule has 1 rings (SSSR count). The van der Waals surface area contributed by atoms with Crippen molar-refractivity contribution in [3.05, 3.63) is 21.2 Å². The Hall–Kier alpha value is -0.130. The lowest BCUT2D eigenvalue weighted by atomic mass is 10.2. The van der Waals surface area contributed by atoms with Crippen molar-refractivity contribution in [1.82, 2.24) is 9.88 Å². The van der Waals surface area contributed by atoms with Crippen LogP contribution in [0.5, 0.6) is 0 Å². The highest BCUT2D eigenvalue weighted by atomic mass is 79.9. The van der Waals surface area contributed by atoms with Gasteiger partial charge in [0.15, 0.2) is 0 Å². The van der Waals surface area contributed by atoms with Gasteiger partial charge in [-0.3, -0.25) is 4.90 Å². The topological polar surface area (TPSA) is 28.2 Å². The molecule has 0 fully saturated rings. The first-order valence-corrected chi connectivity index (χ1v) is 7.81. The Morgan fingerprint density at radius 1 is 1.22 bits per heavy atom. The van der Waals surface area contributed by atoms with Gasteiger partial charge in [-0.25, -0.2) is 4.98 Å². The molecule has 3 nitrogen and oxygen atoms in total. The van der Waals surface area contributed by atoms with Crippen LogP contribution in [0, 0.1) is 0 Å². The number of anilines is 1. The Bertz CT molecular complexity index is 372. The predicted octanol–water partition coefficient (Wildman–Crippen LogP) is 4.14. The lowest BCUT2D eigenvalue weighted by Crippen LogP contribution is -2.40. The number of rotatable bonds is 6. The van der Waals surface area contributed by atoms with Crippen molar-refractivity contribution >= 4 is 37.7 Å². The molecule has 0 atom stereocenters. The minimum absolute atomic E-state index is 0.563. The fourth-order valence-corrected chi connectivity index (χ4v) is 3.09. The van der Waals surface area contributed by atoms with E-state index in [4.69, 9.17) is 0 Å². The van der Waals surface area contributed by atoms with Crippen LogP contribution >= 0.6 is 31.9 Å². The van der Waals surface area contributed by atoms with Gasteiger partial charge >= 0.3 is 0 Å². The van der Waals surface area contributed by atoms with Gasteiger partial charge in [0.1, 0.15) is 5.82 Å². The van der Waals surface area contributed by atoms with Crippen LogP contribution in [0.3, 0.4) is 0 Å². The highest BCUT2D eigenvalue weighted by Crippen LogP contribution is 2.23. The van der Waals surface area contributed by atoms with E-state index < -0.39 is 0 Å². The number of hydrogen-bond acceptors (Lipinski definition) is 3. The van der Waals surface area contributed by atoms with Gasteiger partial charge in [-0.1, -0.05) is 0 Å². The Balaban J connectivity index is 2.50. The number of halogens is 2. The zero-order valence-electron chi connectivity index (χ0n) is 11.4. The molecule has 0 amide bonds. The Morgan fingerprint density at radius 2 is 1.83 bits per heavy atom. The van der Waals surface area contributed by atoms with Gasteiger partial charge in [-0.05, 0) is 65.6 Å². The van der Waals surface area contributed by atoms with E-state index in [1.165, 1.54) is 0 Å². The summed E-state index contributed by atoms with van der Waals surface area (Å²) >= 11 is 6.90. The van der Waals surface area contributed by atoms with Crippen molar-refractivity contribution in [3.8, 4) is 0 Å². The van der Waals surface area contributed by atoms with E-state index >= 15 is 0 Å². The molecule has 1 N–H and O–H groups in total. The maximum Gasteiger partial charge on any atom is 0.140 e. The maximum absolute atomic E-state index is 4.34. The summed E-state index contributed by atoms with van der Waals surface area (Å²) in [6.45, 7) is 10.8. The molecule has 18 heavy (non-hydrogen) atoms. The first kappa shape index (κ1) is 15.9. The minimum Gasteiger partial charge on any atom is -0.368 e. The van der Waals surface area contributed by atoms with Crippen LogP contribution in [0.1, 0.15) is 27.7 Å². The Labute approximate surface area is 127 Å². The second-order valence-electron chi connectivity index (χ2n) is 4.84. The molecule has 1 aromatic heterocycles. The average molecular weight is 379 g/mol. The predicted molar refractivity (Wildman–Crippen MR) is 85.1 cm³/mol. The van der Waals surface area contributed by atoms with E-state index in [9.17, 15) is 0 Å². The molecule has 0 aliphatic carbocycles. The van der Waals surface area contributed by atoms with Crippen LogP contribution in [0.4, 0.5) is 5.82 Å². The molecule has 1 aromatic rings. The summed E-state index contributed by atoms with van der Waals surface area (Å²) in [7, 11) is 0. The fraction of sp³-hybridized carbons (Fsp3) is 0.615. The smallest absolute Gasteiger partial charge is 0.140 e. The molecule has 1 heterocycles. The quantitative estimate of drug-likeness (QED) is 0.806. The van der Waals surface area contributed by atoms with Crippen LogP contribution in [0.25, 0.3) is 0 Å². The second kappa shape index (κ2) is 7.46. The standard InChI is InChI=1S/C13H21Br2N3/c1-9(2)18(10(3)4)6-5-16-13-12(15)7-11(14)8-17-13/h7-10H,5-6H2,1-4H3,(H,16,17). The number of hydrogen-bond donors (Lipinski definition) is 1. The van der Waals surface area contributed by atoms with Crippen LogP contribution in [-0.4, -0.2) is 35.1 Å². The van der Waals surface area contributed by atoms with Crippen LogP contribution in [0.2, 0.25) is 0 Å². The van der Waals surface area contributed by atoms with Crippen molar-refractivity contribution in [2.75, 3.05) is 18.4 Å². The SMILES string of the molecule is CC(C)N(CCNc1ncc(Br)cc1Br)C(C)C. The summed E-state index contributed by atoms with van der Waals surface area (Å²) < 4.78 is 1.96. The third-order valence-corrected chi connectivity index (χ3v) is 3.84. The summed E-state index contributed by atoms with van der Waals surface area (Å²) in [5.41, 5.74) is 0. The molecular formula is C13H21Br2N3. The molecule has 102 valence electrons. The van der Waals surface area contributed by atoms with E-state index in [2.05, 4.69) is 74.8 Å². The average Bonchev–Trinajstić information content (AvgIpc) is 2.25. The highest BCUT2D eigenvalue weighted by molar-refractivity contribution is 9.11. The van der Waals surface area contributed by atoms with E-state index in [1.807, 2.05) is 6.07 Å². The van der Waals surface area contributed by atoms with Gasteiger partial charge in [0, 0.05) is 35.8 Å². The molecular weight excluding hydrogens is 358 g/mol. The summed E-state index contributed by atoms with van der Waals surface area (Å²) in [4.78, 5) is 6.80. The van der Waals surface area contributed by atoms with Crippen LogP contribution in [-0.2, 0) is 0 Å². The third kappa shape index (κ3) is 4.86. The van der Waals surface area contributed by atoms with Gasteiger partial charge in [0.05, 0.1) is 4.47 Å². The van der Waals surface area contributed by atoms with Crippen molar-refractivity contribution < 1.29 is 0 Å². The van der Waals surface area contributed by atoms with Crippen LogP contribution < -0.4 is 5.32 Å². The van der Waals surface area contributed by atoms with Gasteiger partial charge in [-0.15, -0.1) is 0 Å². The van der Waals surface area contributed by atoms with Crippen molar-refractivity contribution in [2.24, 2.45) is 0 Å². The highest BCUT2D eigenvalue weighted by Gasteiger charge is 2.12.